The molecule has 1 heterocycles. The molecule has 0 spiro atoms. The van der Waals surface area contributed by atoms with Crippen LogP contribution in [0.5, 0.6) is 0 Å². The lowest BCUT2D eigenvalue weighted by atomic mass is 10.2. The number of aryl methyl sites for hydroxylation is 1. The van der Waals surface area contributed by atoms with E-state index < -0.39 is 11.7 Å². The summed E-state index contributed by atoms with van der Waals surface area (Å²) < 4.78 is 40.2. The van der Waals surface area contributed by atoms with Gasteiger partial charge in [0.15, 0.2) is 0 Å². The van der Waals surface area contributed by atoms with Gasteiger partial charge in [-0.3, -0.25) is 0 Å². The summed E-state index contributed by atoms with van der Waals surface area (Å²) in [7, 11) is 1.88. The first-order valence-corrected chi connectivity index (χ1v) is 6.74. The van der Waals surface area contributed by atoms with Crippen molar-refractivity contribution >= 4 is 21.6 Å². The van der Waals surface area contributed by atoms with Gasteiger partial charge in [0.2, 0.25) is 0 Å². The molecule has 0 aliphatic heterocycles. The fraction of sp³-hybridized carbons (Fsp3) is 0.308. The van der Waals surface area contributed by atoms with Crippen LogP contribution in [0.25, 0.3) is 0 Å². The molecule has 0 atom stereocenters. The van der Waals surface area contributed by atoms with Crippen LogP contribution in [0.4, 0.5) is 18.9 Å². The van der Waals surface area contributed by atoms with Crippen LogP contribution in [-0.4, -0.2) is 16.1 Å². The Morgan fingerprint density at radius 1 is 1.35 bits per heavy atom. The van der Waals surface area contributed by atoms with E-state index in [1.54, 1.807) is 12.3 Å². The molecule has 0 bridgehead atoms. The summed E-state index contributed by atoms with van der Waals surface area (Å²) in [6.07, 6.45) is -0.204. The molecule has 0 saturated heterocycles. The van der Waals surface area contributed by atoms with E-state index in [2.05, 4.69) is 26.2 Å². The summed E-state index contributed by atoms with van der Waals surface area (Å²) in [6.45, 7) is 0.518. The predicted octanol–water partition coefficient (Wildman–Crippen LogP) is 3.86. The van der Waals surface area contributed by atoms with Crippen molar-refractivity contribution in [3.8, 4) is 0 Å². The standard InChI is InChI=1S/C13H13BrF3N3/c1-20-7-6-19-12(20)4-5-18-9-2-3-11(14)10(8-9)13(15,16)17/h2-3,6-8,18H,4-5H2,1H3. The second-order valence-electron chi connectivity index (χ2n) is 4.32. The third-order valence-corrected chi connectivity index (χ3v) is 3.56. The van der Waals surface area contributed by atoms with Gasteiger partial charge in [-0.05, 0) is 18.2 Å². The molecule has 2 aromatic rings. The molecule has 7 heteroatoms. The van der Waals surface area contributed by atoms with Gasteiger partial charge in [0.1, 0.15) is 5.82 Å². The Kier molecular flexibility index (Phi) is 4.37. The minimum atomic E-state index is -4.36. The zero-order valence-electron chi connectivity index (χ0n) is 10.7. The SMILES string of the molecule is Cn1ccnc1CCNc1ccc(Br)c(C(F)(F)F)c1. The molecule has 0 amide bonds. The first-order valence-electron chi connectivity index (χ1n) is 5.95. The fourth-order valence-corrected chi connectivity index (χ4v) is 2.28. The first-order chi connectivity index (χ1) is 9.38. The molecule has 0 unspecified atom stereocenters. The molecule has 0 fully saturated rings. The summed E-state index contributed by atoms with van der Waals surface area (Å²) in [5, 5.41) is 2.98. The Labute approximate surface area is 123 Å². The van der Waals surface area contributed by atoms with E-state index in [0.717, 1.165) is 11.9 Å². The van der Waals surface area contributed by atoms with Crippen molar-refractivity contribution in [3.05, 3.63) is 46.5 Å². The lowest BCUT2D eigenvalue weighted by Gasteiger charge is -2.12. The van der Waals surface area contributed by atoms with Crippen LogP contribution in [0.15, 0.2) is 35.1 Å². The second-order valence-corrected chi connectivity index (χ2v) is 5.18. The molecule has 3 nitrogen and oxygen atoms in total. The zero-order chi connectivity index (χ0) is 14.8. The Balaban J connectivity index is 2.02. The lowest BCUT2D eigenvalue weighted by Crippen LogP contribution is -2.10. The zero-order valence-corrected chi connectivity index (χ0v) is 12.3. The van der Waals surface area contributed by atoms with Gasteiger partial charge in [-0.2, -0.15) is 13.2 Å². The van der Waals surface area contributed by atoms with Crippen LogP contribution >= 0.6 is 15.9 Å². The van der Waals surface area contributed by atoms with Gasteiger partial charge in [-0.1, -0.05) is 15.9 Å². The number of benzene rings is 1. The molecule has 0 aliphatic carbocycles. The number of imidazole rings is 1. The molecule has 0 radical (unpaired) electrons. The maximum atomic E-state index is 12.8. The van der Waals surface area contributed by atoms with E-state index in [4.69, 9.17) is 0 Å². The van der Waals surface area contributed by atoms with Crippen molar-refractivity contribution in [1.29, 1.82) is 0 Å². The highest BCUT2D eigenvalue weighted by Gasteiger charge is 2.33. The van der Waals surface area contributed by atoms with E-state index in [1.807, 2.05) is 17.8 Å². The Bertz CT molecular complexity index is 593. The highest BCUT2D eigenvalue weighted by Crippen LogP contribution is 2.36. The number of alkyl halides is 3. The number of rotatable bonds is 4. The van der Waals surface area contributed by atoms with E-state index in [0.29, 0.717) is 18.7 Å². The molecule has 0 aliphatic rings. The van der Waals surface area contributed by atoms with E-state index in [-0.39, 0.29) is 4.47 Å². The monoisotopic (exact) mass is 347 g/mol. The van der Waals surface area contributed by atoms with Gasteiger partial charge in [0.05, 0.1) is 5.56 Å². The summed E-state index contributed by atoms with van der Waals surface area (Å²) in [5.41, 5.74) is -0.241. The van der Waals surface area contributed by atoms with Crippen molar-refractivity contribution in [3.63, 3.8) is 0 Å². The van der Waals surface area contributed by atoms with Crippen molar-refractivity contribution < 1.29 is 13.2 Å². The maximum Gasteiger partial charge on any atom is 0.417 e. The molecule has 2 rings (SSSR count). The van der Waals surface area contributed by atoms with Gasteiger partial charge < -0.3 is 9.88 Å². The van der Waals surface area contributed by atoms with Crippen molar-refractivity contribution in [1.82, 2.24) is 9.55 Å². The summed E-state index contributed by atoms with van der Waals surface area (Å²) in [4.78, 5) is 4.15. The summed E-state index contributed by atoms with van der Waals surface area (Å²) in [6, 6.07) is 4.10. The van der Waals surface area contributed by atoms with Gasteiger partial charge in [0.25, 0.3) is 0 Å². The number of hydrogen-bond donors (Lipinski definition) is 1. The Morgan fingerprint density at radius 2 is 2.10 bits per heavy atom. The second kappa shape index (κ2) is 5.87. The highest BCUT2D eigenvalue weighted by molar-refractivity contribution is 9.10. The topological polar surface area (TPSA) is 29.9 Å². The molecule has 0 saturated carbocycles. The van der Waals surface area contributed by atoms with Crippen LogP contribution in [0.2, 0.25) is 0 Å². The van der Waals surface area contributed by atoms with E-state index in [9.17, 15) is 13.2 Å². The molecular formula is C13H13BrF3N3. The van der Waals surface area contributed by atoms with E-state index in [1.165, 1.54) is 6.07 Å². The Morgan fingerprint density at radius 3 is 2.70 bits per heavy atom. The smallest absolute Gasteiger partial charge is 0.385 e. The molecule has 20 heavy (non-hydrogen) atoms. The van der Waals surface area contributed by atoms with Crippen LogP contribution < -0.4 is 5.32 Å². The minimum Gasteiger partial charge on any atom is -0.385 e. The van der Waals surface area contributed by atoms with Gasteiger partial charge in [0, 0.05) is 42.6 Å². The van der Waals surface area contributed by atoms with Crippen LogP contribution in [0.1, 0.15) is 11.4 Å². The maximum absolute atomic E-state index is 12.8. The van der Waals surface area contributed by atoms with Crippen molar-refractivity contribution in [2.75, 3.05) is 11.9 Å². The highest BCUT2D eigenvalue weighted by atomic mass is 79.9. The third kappa shape index (κ3) is 3.53. The van der Waals surface area contributed by atoms with Crippen LogP contribution in [-0.2, 0) is 19.6 Å². The number of nitrogens with zero attached hydrogens (tertiary/aromatic N) is 2. The molecule has 1 N–H and O–H groups in total. The first kappa shape index (κ1) is 14.9. The van der Waals surface area contributed by atoms with Gasteiger partial charge in [-0.25, -0.2) is 4.98 Å². The number of hydrogen-bond acceptors (Lipinski definition) is 2. The number of aromatic nitrogens is 2. The molecule has 1 aromatic heterocycles. The van der Waals surface area contributed by atoms with Crippen molar-refractivity contribution in [2.45, 2.75) is 12.6 Å². The van der Waals surface area contributed by atoms with E-state index >= 15 is 0 Å². The predicted molar refractivity (Wildman–Crippen MR) is 74.5 cm³/mol. The molecule has 1 aromatic carbocycles. The molecular weight excluding hydrogens is 335 g/mol. The average Bonchev–Trinajstić information content (AvgIpc) is 2.76. The van der Waals surface area contributed by atoms with Crippen LogP contribution in [0, 0.1) is 0 Å². The van der Waals surface area contributed by atoms with Gasteiger partial charge in [-0.15, -0.1) is 0 Å². The number of nitrogens with one attached hydrogen (secondary N) is 1. The minimum absolute atomic E-state index is 0.0413. The lowest BCUT2D eigenvalue weighted by molar-refractivity contribution is -0.138. The third-order valence-electron chi connectivity index (χ3n) is 2.87. The number of halogens is 4. The average molecular weight is 348 g/mol. The fourth-order valence-electron chi connectivity index (χ4n) is 1.81. The Hall–Kier alpha value is -1.50. The summed E-state index contributed by atoms with van der Waals surface area (Å²) >= 11 is 2.91. The largest absolute Gasteiger partial charge is 0.417 e. The number of anilines is 1. The normalized spacial score (nSPS) is 11.7. The molecule has 108 valence electrons. The summed E-state index contributed by atoms with van der Waals surface area (Å²) in [5.74, 6) is 0.880. The van der Waals surface area contributed by atoms with Crippen LogP contribution in [0.3, 0.4) is 0 Å². The quantitative estimate of drug-likeness (QED) is 0.910. The van der Waals surface area contributed by atoms with Crippen molar-refractivity contribution in [2.24, 2.45) is 7.05 Å². The van der Waals surface area contributed by atoms with Gasteiger partial charge >= 0.3 is 6.18 Å².